The van der Waals surface area contributed by atoms with E-state index in [0.29, 0.717) is 6.42 Å². The molecule has 1 saturated carbocycles. The summed E-state index contributed by atoms with van der Waals surface area (Å²) in [6, 6.07) is 0. The number of carbonyl (C=O) groups is 2. The molecule has 0 unspecified atom stereocenters. The van der Waals surface area contributed by atoms with E-state index in [1.165, 1.54) is 0 Å². The molecule has 4 heteroatoms. The quantitative estimate of drug-likeness (QED) is 0.744. The van der Waals surface area contributed by atoms with E-state index in [-0.39, 0.29) is 11.8 Å². The van der Waals surface area contributed by atoms with E-state index >= 15 is 0 Å². The van der Waals surface area contributed by atoms with Crippen LogP contribution >= 0.6 is 0 Å². The van der Waals surface area contributed by atoms with Crippen molar-refractivity contribution in [3.05, 3.63) is 0 Å². The van der Waals surface area contributed by atoms with Gasteiger partial charge in [-0.25, -0.2) is 0 Å². The highest BCUT2D eigenvalue weighted by Crippen LogP contribution is 2.34. The van der Waals surface area contributed by atoms with Gasteiger partial charge in [0.05, 0.1) is 11.8 Å². The Balaban J connectivity index is 2.02. The molecule has 0 spiro atoms. The fourth-order valence-electron chi connectivity index (χ4n) is 2.72. The summed E-state index contributed by atoms with van der Waals surface area (Å²) in [5, 5.41) is 9.00. The van der Waals surface area contributed by atoms with Crippen molar-refractivity contribution in [3.8, 4) is 0 Å². The number of hydrogen-bond donors (Lipinski definition) is 1. The van der Waals surface area contributed by atoms with Gasteiger partial charge in [-0.15, -0.1) is 0 Å². The van der Waals surface area contributed by atoms with Crippen LogP contribution < -0.4 is 0 Å². The Morgan fingerprint density at radius 2 is 1.60 bits per heavy atom. The van der Waals surface area contributed by atoms with Crippen LogP contribution in [0.1, 0.15) is 32.1 Å². The van der Waals surface area contributed by atoms with Gasteiger partial charge in [-0.2, -0.15) is 0 Å². The van der Waals surface area contributed by atoms with Crippen LogP contribution in [0.25, 0.3) is 0 Å². The molecule has 0 bridgehead atoms. The highest BCUT2D eigenvalue weighted by molar-refractivity contribution is 5.85. The van der Waals surface area contributed by atoms with Gasteiger partial charge in [0.2, 0.25) is 5.91 Å². The molecule has 1 heterocycles. The molecule has 4 nitrogen and oxygen atoms in total. The van der Waals surface area contributed by atoms with E-state index in [2.05, 4.69) is 0 Å². The average molecular weight is 211 g/mol. The fourth-order valence-corrected chi connectivity index (χ4v) is 2.72. The SMILES string of the molecule is O=C(O)[C@H]1CCC[C@H]1C(=O)N1CCCC1. The van der Waals surface area contributed by atoms with Crippen LogP contribution in [0.15, 0.2) is 0 Å². The zero-order valence-corrected chi connectivity index (χ0v) is 8.82. The normalized spacial score (nSPS) is 30.8. The maximum atomic E-state index is 12.0. The highest BCUT2D eigenvalue weighted by Gasteiger charge is 2.39. The van der Waals surface area contributed by atoms with Gasteiger partial charge < -0.3 is 10.0 Å². The van der Waals surface area contributed by atoms with Gasteiger partial charge in [0.1, 0.15) is 0 Å². The lowest BCUT2D eigenvalue weighted by molar-refractivity contribution is -0.148. The summed E-state index contributed by atoms with van der Waals surface area (Å²) in [5.74, 6) is -1.40. The second kappa shape index (κ2) is 4.21. The number of likely N-dealkylation sites (tertiary alicyclic amines) is 1. The average Bonchev–Trinajstić information content (AvgIpc) is 2.88. The molecule has 2 aliphatic rings. The fraction of sp³-hybridized carbons (Fsp3) is 0.818. The second-order valence-electron chi connectivity index (χ2n) is 4.51. The van der Waals surface area contributed by atoms with Crippen LogP contribution in [0.2, 0.25) is 0 Å². The smallest absolute Gasteiger partial charge is 0.307 e. The van der Waals surface area contributed by atoms with Crippen LogP contribution in [-0.4, -0.2) is 35.0 Å². The van der Waals surface area contributed by atoms with Gasteiger partial charge in [-0.3, -0.25) is 9.59 Å². The molecule has 2 atom stereocenters. The first-order valence-electron chi connectivity index (χ1n) is 5.72. The van der Waals surface area contributed by atoms with Crippen molar-refractivity contribution in [2.24, 2.45) is 11.8 Å². The molecule has 0 aromatic heterocycles. The number of nitrogens with zero attached hydrogens (tertiary/aromatic N) is 1. The Morgan fingerprint density at radius 3 is 2.20 bits per heavy atom. The molecule has 0 radical (unpaired) electrons. The highest BCUT2D eigenvalue weighted by atomic mass is 16.4. The third-order valence-corrected chi connectivity index (χ3v) is 3.57. The van der Waals surface area contributed by atoms with E-state index in [1.807, 2.05) is 4.90 Å². The van der Waals surface area contributed by atoms with Crippen LogP contribution in [0.4, 0.5) is 0 Å². The Labute approximate surface area is 89.3 Å². The third-order valence-electron chi connectivity index (χ3n) is 3.57. The lowest BCUT2D eigenvalue weighted by Gasteiger charge is -2.22. The van der Waals surface area contributed by atoms with Crippen molar-refractivity contribution in [2.75, 3.05) is 13.1 Å². The van der Waals surface area contributed by atoms with E-state index < -0.39 is 11.9 Å². The number of carbonyl (C=O) groups excluding carboxylic acids is 1. The van der Waals surface area contributed by atoms with Gasteiger partial charge >= 0.3 is 5.97 Å². The van der Waals surface area contributed by atoms with Crippen molar-refractivity contribution in [1.29, 1.82) is 0 Å². The minimum atomic E-state index is -0.801. The largest absolute Gasteiger partial charge is 0.481 e. The van der Waals surface area contributed by atoms with Crippen LogP contribution in [0, 0.1) is 11.8 Å². The van der Waals surface area contributed by atoms with Gasteiger partial charge in [-0.1, -0.05) is 6.42 Å². The first-order chi connectivity index (χ1) is 7.20. The molecule has 2 fully saturated rings. The van der Waals surface area contributed by atoms with Gasteiger partial charge in [0.25, 0.3) is 0 Å². The lowest BCUT2D eigenvalue weighted by atomic mass is 9.95. The molecule has 1 amide bonds. The minimum Gasteiger partial charge on any atom is -0.481 e. The maximum Gasteiger partial charge on any atom is 0.307 e. The Hall–Kier alpha value is -1.06. The van der Waals surface area contributed by atoms with Crippen molar-refractivity contribution in [3.63, 3.8) is 0 Å². The summed E-state index contributed by atoms with van der Waals surface area (Å²) in [4.78, 5) is 24.8. The first-order valence-corrected chi connectivity index (χ1v) is 5.72. The molecule has 1 N–H and O–H groups in total. The monoisotopic (exact) mass is 211 g/mol. The van der Waals surface area contributed by atoms with Gasteiger partial charge in [0, 0.05) is 13.1 Å². The molecular formula is C11H17NO3. The summed E-state index contributed by atoms with van der Waals surface area (Å²) in [6.45, 7) is 1.64. The Kier molecular flexibility index (Phi) is 2.93. The van der Waals surface area contributed by atoms with E-state index in [0.717, 1.165) is 38.8 Å². The third kappa shape index (κ3) is 1.98. The Bertz CT molecular complexity index is 271. The minimum absolute atomic E-state index is 0.0809. The second-order valence-corrected chi connectivity index (χ2v) is 4.51. The van der Waals surface area contributed by atoms with Crippen molar-refractivity contribution in [1.82, 2.24) is 4.90 Å². The molecule has 2 rings (SSSR count). The summed E-state index contributed by atoms with van der Waals surface area (Å²) in [6.07, 6.45) is 4.43. The maximum absolute atomic E-state index is 12.0. The standard InChI is InChI=1S/C11H17NO3/c13-10(12-6-1-2-7-12)8-4-3-5-9(8)11(14)15/h8-9H,1-7H2,(H,14,15)/t8-,9+/m1/s1. The molecule has 0 aromatic rings. The van der Waals surface area contributed by atoms with Crippen molar-refractivity contribution in [2.45, 2.75) is 32.1 Å². The molecule has 1 saturated heterocycles. The zero-order chi connectivity index (χ0) is 10.8. The number of carboxylic acids is 1. The van der Waals surface area contributed by atoms with E-state index in [9.17, 15) is 9.59 Å². The van der Waals surface area contributed by atoms with Crippen molar-refractivity contribution < 1.29 is 14.7 Å². The van der Waals surface area contributed by atoms with Crippen molar-refractivity contribution >= 4 is 11.9 Å². The van der Waals surface area contributed by atoms with Gasteiger partial charge in [0.15, 0.2) is 0 Å². The zero-order valence-electron chi connectivity index (χ0n) is 8.82. The molecule has 1 aliphatic carbocycles. The van der Waals surface area contributed by atoms with Crippen LogP contribution in [-0.2, 0) is 9.59 Å². The number of rotatable bonds is 2. The van der Waals surface area contributed by atoms with E-state index in [1.54, 1.807) is 0 Å². The Morgan fingerprint density at radius 1 is 1.00 bits per heavy atom. The predicted molar refractivity (Wildman–Crippen MR) is 54.3 cm³/mol. The van der Waals surface area contributed by atoms with E-state index in [4.69, 9.17) is 5.11 Å². The number of carboxylic acid groups (broad SMARTS) is 1. The molecule has 1 aliphatic heterocycles. The summed E-state index contributed by atoms with van der Waals surface area (Å²) in [7, 11) is 0. The lowest BCUT2D eigenvalue weighted by Crippen LogP contribution is -2.37. The molecule has 84 valence electrons. The summed E-state index contributed by atoms with van der Waals surface area (Å²) < 4.78 is 0. The number of aliphatic carboxylic acids is 1. The topological polar surface area (TPSA) is 57.6 Å². The number of hydrogen-bond acceptors (Lipinski definition) is 2. The summed E-state index contributed by atoms with van der Waals surface area (Å²) in [5.41, 5.74) is 0. The van der Waals surface area contributed by atoms with Gasteiger partial charge in [-0.05, 0) is 25.7 Å². The molecule has 15 heavy (non-hydrogen) atoms. The predicted octanol–water partition coefficient (Wildman–Crippen LogP) is 1.11. The molecular weight excluding hydrogens is 194 g/mol. The van der Waals surface area contributed by atoms with Crippen LogP contribution in [0.3, 0.4) is 0 Å². The number of amides is 1. The summed E-state index contributed by atoms with van der Waals surface area (Å²) >= 11 is 0. The van der Waals surface area contributed by atoms with Crippen LogP contribution in [0.5, 0.6) is 0 Å². The molecule has 0 aromatic carbocycles. The first kappa shape index (κ1) is 10.5.